The molecule has 0 aromatic heterocycles. The molecule has 0 bridgehead atoms. The quantitative estimate of drug-likeness (QED) is 0.385. The molecule has 0 saturated heterocycles. The van der Waals surface area contributed by atoms with Crippen molar-refractivity contribution in [1.82, 2.24) is 0 Å². The van der Waals surface area contributed by atoms with Crippen molar-refractivity contribution in [1.29, 1.82) is 0 Å². The number of hydrogen-bond acceptors (Lipinski definition) is 3. The normalized spacial score (nSPS) is 15.3. The minimum absolute atomic E-state index is 0.178. The van der Waals surface area contributed by atoms with Crippen molar-refractivity contribution in [2.24, 2.45) is 5.73 Å². The van der Waals surface area contributed by atoms with Gasteiger partial charge in [0.15, 0.2) is 0 Å². The van der Waals surface area contributed by atoms with Crippen molar-refractivity contribution >= 4 is 0 Å². The molecule has 0 aromatic carbocycles. The standard InChI is InChI=1S/C14H29NO2/c1-2-3-4-5-6-7-8-9-10-11-14(17)13(15)12-16/h10-11,13-14,16-17H,2-9,12,15H2,1H3/b11-10+/t13-,14-/m0/s1. The lowest BCUT2D eigenvalue weighted by atomic mass is 10.1. The van der Waals surface area contributed by atoms with Crippen molar-refractivity contribution in [3.8, 4) is 0 Å². The SMILES string of the molecule is CCCCCCCCC/C=C/[C@H](O)[C@@H](N)CO. The smallest absolute Gasteiger partial charge is 0.0894 e. The number of rotatable bonds is 11. The summed E-state index contributed by atoms with van der Waals surface area (Å²) in [6.07, 6.45) is 13.0. The van der Waals surface area contributed by atoms with E-state index in [0.29, 0.717) is 0 Å². The number of unbranched alkanes of at least 4 members (excludes halogenated alkanes) is 7. The van der Waals surface area contributed by atoms with E-state index in [9.17, 15) is 5.11 Å². The fourth-order valence-corrected chi connectivity index (χ4v) is 1.71. The summed E-state index contributed by atoms with van der Waals surface area (Å²) < 4.78 is 0. The Hall–Kier alpha value is -0.380. The Balaban J connectivity index is 3.30. The fraction of sp³-hybridized carbons (Fsp3) is 0.857. The van der Waals surface area contributed by atoms with Gasteiger partial charge in [0, 0.05) is 0 Å². The summed E-state index contributed by atoms with van der Waals surface area (Å²) >= 11 is 0. The second-order valence-corrected chi connectivity index (χ2v) is 4.68. The molecule has 4 N–H and O–H groups in total. The molecule has 0 aromatic rings. The van der Waals surface area contributed by atoms with Gasteiger partial charge in [-0.25, -0.2) is 0 Å². The number of aliphatic hydroxyl groups excluding tert-OH is 2. The van der Waals surface area contributed by atoms with Gasteiger partial charge in [-0.05, 0) is 12.8 Å². The molecule has 0 heterocycles. The first kappa shape index (κ1) is 16.6. The summed E-state index contributed by atoms with van der Waals surface area (Å²) in [6.45, 7) is 2.05. The Morgan fingerprint density at radius 3 is 2.24 bits per heavy atom. The van der Waals surface area contributed by atoms with Crippen LogP contribution in [0, 0.1) is 0 Å². The lowest BCUT2D eigenvalue weighted by Crippen LogP contribution is -2.36. The predicted molar refractivity (Wildman–Crippen MR) is 72.8 cm³/mol. The van der Waals surface area contributed by atoms with Crippen molar-refractivity contribution < 1.29 is 10.2 Å². The van der Waals surface area contributed by atoms with Crippen LogP contribution in [0.1, 0.15) is 58.3 Å². The maximum atomic E-state index is 9.45. The van der Waals surface area contributed by atoms with Crippen LogP contribution in [0.4, 0.5) is 0 Å². The average molecular weight is 243 g/mol. The number of allylic oxidation sites excluding steroid dienone is 1. The molecule has 0 aliphatic rings. The third-order valence-corrected chi connectivity index (χ3v) is 2.96. The monoisotopic (exact) mass is 243 g/mol. The molecule has 0 spiro atoms. The molecule has 102 valence electrons. The van der Waals surface area contributed by atoms with Gasteiger partial charge in [0.2, 0.25) is 0 Å². The summed E-state index contributed by atoms with van der Waals surface area (Å²) in [7, 11) is 0. The van der Waals surface area contributed by atoms with Crippen LogP contribution >= 0.6 is 0 Å². The molecule has 0 aliphatic heterocycles. The van der Waals surface area contributed by atoms with Crippen LogP contribution in [0.5, 0.6) is 0 Å². The van der Waals surface area contributed by atoms with Crippen molar-refractivity contribution in [3.63, 3.8) is 0 Å². The van der Waals surface area contributed by atoms with Crippen LogP contribution in [0.25, 0.3) is 0 Å². The molecule has 3 nitrogen and oxygen atoms in total. The maximum Gasteiger partial charge on any atom is 0.0894 e. The van der Waals surface area contributed by atoms with Gasteiger partial charge in [-0.2, -0.15) is 0 Å². The van der Waals surface area contributed by atoms with Gasteiger partial charge in [-0.15, -0.1) is 0 Å². The summed E-state index contributed by atoms with van der Waals surface area (Å²) in [5, 5.41) is 18.2. The topological polar surface area (TPSA) is 66.5 Å². The number of hydrogen-bond donors (Lipinski definition) is 3. The summed E-state index contributed by atoms with van der Waals surface area (Å²) in [5.74, 6) is 0. The van der Waals surface area contributed by atoms with Gasteiger partial charge >= 0.3 is 0 Å². The third kappa shape index (κ3) is 10.5. The Morgan fingerprint density at radius 2 is 1.65 bits per heavy atom. The highest BCUT2D eigenvalue weighted by Gasteiger charge is 2.08. The van der Waals surface area contributed by atoms with E-state index in [-0.39, 0.29) is 6.61 Å². The van der Waals surface area contributed by atoms with E-state index in [1.165, 1.54) is 44.9 Å². The molecular formula is C14H29NO2. The van der Waals surface area contributed by atoms with Gasteiger partial charge < -0.3 is 15.9 Å². The summed E-state index contributed by atoms with van der Waals surface area (Å²) in [4.78, 5) is 0. The lowest BCUT2D eigenvalue weighted by Gasteiger charge is -2.11. The van der Waals surface area contributed by atoms with Crippen LogP contribution in [-0.4, -0.2) is 29.0 Å². The number of nitrogens with two attached hydrogens (primary N) is 1. The molecule has 0 saturated carbocycles. The van der Waals surface area contributed by atoms with E-state index in [4.69, 9.17) is 10.8 Å². The Bertz CT molecular complexity index is 183. The van der Waals surface area contributed by atoms with Gasteiger partial charge in [-0.1, -0.05) is 57.6 Å². The van der Waals surface area contributed by atoms with Gasteiger partial charge in [-0.3, -0.25) is 0 Å². The highest BCUT2D eigenvalue weighted by atomic mass is 16.3. The van der Waals surface area contributed by atoms with Gasteiger partial charge in [0.05, 0.1) is 18.8 Å². The number of aliphatic hydroxyl groups is 2. The first-order chi connectivity index (χ1) is 8.22. The molecule has 0 unspecified atom stereocenters. The Kier molecular flexibility index (Phi) is 11.8. The zero-order chi connectivity index (χ0) is 12.9. The minimum Gasteiger partial charge on any atom is -0.395 e. The van der Waals surface area contributed by atoms with Gasteiger partial charge in [0.1, 0.15) is 0 Å². The van der Waals surface area contributed by atoms with Crippen LogP contribution in [-0.2, 0) is 0 Å². The van der Waals surface area contributed by atoms with E-state index in [1.807, 2.05) is 6.08 Å². The van der Waals surface area contributed by atoms with E-state index in [2.05, 4.69) is 6.92 Å². The summed E-state index contributed by atoms with van der Waals surface area (Å²) in [6, 6.07) is -0.555. The van der Waals surface area contributed by atoms with E-state index < -0.39 is 12.1 Å². The molecule has 0 aliphatic carbocycles. The summed E-state index contributed by atoms with van der Waals surface area (Å²) in [5.41, 5.74) is 5.47. The Morgan fingerprint density at radius 1 is 1.06 bits per heavy atom. The lowest BCUT2D eigenvalue weighted by molar-refractivity contribution is 0.144. The van der Waals surface area contributed by atoms with Crippen LogP contribution in [0.15, 0.2) is 12.2 Å². The van der Waals surface area contributed by atoms with E-state index in [1.54, 1.807) is 6.08 Å². The third-order valence-electron chi connectivity index (χ3n) is 2.96. The highest BCUT2D eigenvalue weighted by Crippen LogP contribution is 2.08. The first-order valence-corrected chi connectivity index (χ1v) is 6.93. The second-order valence-electron chi connectivity index (χ2n) is 4.68. The molecule has 0 radical (unpaired) electrons. The van der Waals surface area contributed by atoms with Crippen molar-refractivity contribution in [2.75, 3.05) is 6.61 Å². The Labute approximate surface area is 106 Å². The first-order valence-electron chi connectivity index (χ1n) is 6.93. The van der Waals surface area contributed by atoms with Crippen LogP contribution < -0.4 is 5.73 Å². The molecule has 0 fully saturated rings. The second kappa shape index (κ2) is 12.1. The predicted octanol–water partition coefficient (Wildman–Crippen LogP) is 2.36. The van der Waals surface area contributed by atoms with Gasteiger partial charge in [0.25, 0.3) is 0 Å². The molecule has 2 atom stereocenters. The molecular weight excluding hydrogens is 214 g/mol. The van der Waals surface area contributed by atoms with Crippen molar-refractivity contribution in [2.45, 2.75) is 70.4 Å². The van der Waals surface area contributed by atoms with Crippen LogP contribution in [0.3, 0.4) is 0 Å². The van der Waals surface area contributed by atoms with Crippen LogP contribution in [0.2, 0.25) is 0 Å². The highest BCUT2D eigenvalue weighted by molar-refractivity contribution is 4.93. The zero-order valence-electron chi connectivity index (χ0n) is 11.1. The fourth-order valence-electron chi connectivity index (χ4n) is 1.71. The molecule has 17 heavy (non-hydrogen) atoms. The van der Waals surface area contributed by atoms with E-state index in [0.717, 1.165) is 6.42 Å². The van der Waals surface area contributed by atoms with E-state index >= 15 is 0 Å². The minimum atomic E-state index is -0.718. The molecule has 0 amide bonds. The maximum absolute atomic E-state index is 9.45. The zero-order valence-corrected chi connectivity index (χ0v) is 11.1. The average Bonchev–Trinajstić information content (AvgIpc) is 2.35. The van der Waals surface area contributed by atoms with Crippen molar-refractivity contribution in [3.05, 3.63) is 12.2 Å². The molecule has 0 rings (SSSR count). The molecule has 3 heteroatoms. The largest absolute Gasteiger partial charge is 0.395 e.